The number of hydrogen-bond acceptors (Lipinski definition) is 3. The number of alkyl halides is 1. The molecule has 4 rings (SSSR count). The maximum Gasteiger partial charge on any atom is 0.197 e. The van der Waals surface area contributed by atoms with Crippen LogP contribution in [-0.2, 0) is 0 Å². The van der Waals surface area contributed by atoms with Crippen molar-refractivity contribution in [3.05, 3.63) is 89.5 Å². The summed E-state index contributed by atoms with van der Waals surface area (Å²) in [6.07, 6.45) is 5.92. The number of halogens is 1. The second-order valence-corrected chi connectivity index (χ2v) is 9.13. The minimum Gasteiger partial charge on any atom is -0.494 e. The highest BCUT2D eigenvalue weighted by molar-refractivity contribution is 9.09. The van der Waals surface area contributed by atoms with Gasteiger partial charge in [0.1, 0.15) is 17.1 Å². The summed E-state index contributed by atoms with van der Waals surface area (Å²) in [5.41, 5.74) is 3.86. The molecule has 0 aliphatic carbocycles. The van der Waals surface area contributed by atoms with Crippen molar-refractivity contribution in [3.8, 4) is 17.1 Å². The number of hydrogen-bond donors (Lipinski definition) is 0. The average Bonchev–Trinajstić information content (AvgIpc) is 3.23. The van der Waals surface area contributed by atoms with Crippen LogP contribution in [0.25, 0.3) is 22.3 Å². The van der Waals surface area contributed by atoms with E-state index in [2.05, 4.69) is 15.9 Å². The van der Waals surface area contributed by atoms with Crippen molar-refractivity contribution in [1.82, 2.24) is 0 Å². The summed E-state index contributed by atoms with van der Waals surface area (Å²) in [6, 6.07) is 23.3. The van der Waals surface area contributed by atoms with Crippen molar-refractivity contribution in [3.63, 3.8) is 0 Å². The second kappa shape index (κ2) is 11.3. The van der Waals surface area contributed by atoms with E-state index in [0.717, 1.165) is 34.0 Å². The molecule has 4 aromatic rings. The van der Waals surface area contributed by atoms with E-state index in [4.69, 9.17) is 9.15 Å². The summed E-state index contributed by atoms with van der Waals surface area (Å²) in [4.78, 5) is 13.6. The van der Waals surface area contributed by atoms with Crippen molar-refractivity contribution in [1.29, 1.82) is 0 Å². The molecule has 0 aliphatic heterocycles. The van der Waals surface area contributed by atoms with E-state index in [9.17, 15) is 4.79 Å². The third-order valence-corrected chi connectivity index (χ3v) is 6.31. The number of ketones is 1. The Morgan fingerprint density at radius 1 is 0.879 bits per heavy atom. The Labute approximate surface area is 203 Å². The second-order valence-electron chi connectivity index (χ2n) is 8.33. The zero-order valence-electron chi connectivity index (χ0n) is 19.0. The number of carbonyl (C=O) groups is 1. The first kappa shape index (κ1) is 23.3. The molecule has 0 bridgehead atoms. The normalized spacial score (nSPS) is 11.1. The predicted molar refractivity (Wildman–Crippen MR) is 139 cm³/mol. The first-order chi connectivity index (χ1) is 16.2. The first-order valence-electron chi connectivity index (χ1n) is 11.6. The highest BCUT2D eigenvalue weighted by Crippen LogP contribution is 2.36. The Balaban J connectivity index is 1.59. The molecule has 0 radical (unpaired) electrons. The molecule has 0 N–H and O–H groups in total. The summed E-state index contributed by atoms with van der Waals surface area (Å²) in [5, 5.41) is 1.90. The van der Waals surface area contributed by atoms with E-state index >= 15 is 0 Å². The lowest BCUT2D eigenvalue weighted by Gasteiger charge is -2.09. The topological polar surface area (TPSA) is 39.4 Å². The number of fused-ring (bicyclic) bond motifs is 1. The molecule has 0 unspecified atom stereocenters. The van der Waals surface area contributed by atoms with Gasteiger partial charge in [0.25, 0.3) is 0 Å². The predicted octanol–water partition coefficient (Wildman–Crippen LogP) is 8.36. The van der Waals surface area contributed by atoms with Crippen molar-refractivity contribution < 1.29 is 13.9 Å². The molecule has 3 nitrogen and oxygen atoms in total. The van der Waals surface area contributed by atoms with Crippen LogP contribution in [0.3, 0.4) is 0 Å². The largest absolute Gasteiger partial charge is 0.494 e. The molecule has 0 saturated carbocycles. The number of benzene rings is 3. The quantitative estimate of drug-likeness (QED) is 0.117. The fourth-order valence-electron chi connectivity index (χ4n) is 4.05. The monoisotopic (exact) mass is 504 g/mol. The van der Waals surface area contributed by atoms with Gasteiger partial charge < -0.3 is 9.15 Å². The third-order valence-electron chi connectivity index (χ3n) is 5.75. The Morgan fingerprint density at radius 2 is 1.67 bits per heavy atom. The molecular formula is C29H29BrO3. The number of carbonyl (C=O) groups excluding carboxylic acids is 1. The van der Waals surface area contributed by atoms with Gasteiger partial charge >= 0.3 is 0 Å². The Hall–Kier alpha value is -2.85. The van der Waals surface area contributed by atoms with Gasteiger partial charge in [-0.1, -0.05) is 89.3 Å². The van der Waals surface area contributed by atoms with E-state index < -0.39 is 0 Å². The summed E-state index contributed by atoms with van der Waals surface area (Å²) >= 11 is 3.48. The molecule has 0 atom stereocenters. The Kier molecular flexibility index (Phi) is 8.01. The number of rotatable bonds is 11. The van der Waals surface area contributed by atoms with Gasteiger partial charge in [0.2, 0.25) is 0 Å². The SMILES string of the molecule is Cc1cccc(C(=O)c2c(-c3cccc(OCCCCCCCBr)c3)oc3ccccc23)c1. The minimum atomic E-state index is -0.0338. The maximum atomic E-state index is 13.6. The van der Waals surface area contributed by atoms with Crippen LogP contribution in [0.2, 0.25) is 0 Å². The molecule has 4 heteroatoms. The van der Waals surface area contributed by atoms with Crippen LogP contribution in [0.15, 0.2) is 77.2 Å². The average molecular weight is 505 g/mol. The number of aryl methyl sites for hydroxylation is 1. The van der Waals surface area contributed by atoms with Crippen LogP contribution >= 0.6 is 15.9 Å². The van der Waals surface area contributed by atoms with E-state index in [1.807, 2.05) is 79.7 Å². The lowest BCUT2D eigenvalue weighted by Crippen LogP contribution is -2.03. The lowest BCUT2D eigenvalue weighted by molar-refractivity contribution is 0.104. The van der Waals surface area contributed by atoms with E-state index in [1.165, 1.54) is 25.7 Å². The molecule has 0 fully saturated rings. The first-order valence-corrected chi connectivity index (χ1v) is 12.7. The van der Waals surface area contributed by atoms with Gasteiger partial charge in [0, 0.05) is 21.8 Å². The summed E-state index contributed by atoms with van der Waals surface area (Å²) in [7, 11) is 0. The molecule has 0 amide bonds. The maximum absolute atomic E-state index is 13.6. The van der Waals surface area contributed by atoms with E-state index in [0.29, 0.717) is 29.1 Å². The molecule has 33 heavy (non-hydrogen) atoms. The highest BCUT2D eigenvalue weighted by atomic mass is 79.9. The van der Waals surface area contributed by atoms with Crippen LogP contribution in [0.1, 0.15) is 53.6 Å². The van der Waals surface area contributed by atoms with Crippen LogP contribution in [0, 0.1) is 6.92 Å². The van der Waals surface area contributed by atoms with Crippen LogP contribution < -0.4 is 4.74 Å². The summed E-state index contributed by atoms with van der Waals surface area (Å²) in [5.74, 6) is 1.35. The lowest BCUT2D eigenvalue weighted by atomic mass is 9.96. The molecule has 0 saturated heterocycles. The zero-order chi connectivity index (χ0) is 23.0. The smallest absolute Gasteiger partial charge is 0.197 e. The van der Waals surface area contributed by atoms with Crippen molar-refractivity contribution in [2.45, 2.75) is 39.0 Å². The van der Waals surface area contributed by atoms with E-state index in [1.54, 1.807) is 0 Å². The van der Waals surface area contributed by atoms with Gasteiger partial charge in [-0.15, -0.1) is 0 Å². The molecule has 1 aromatic heterocycles. The molecular weight excluding hydrogens is 476 g/mol. The number of unbranched alkanes of at least 4 members (excludes halogenated alkanes) is 4. The molecule has 3 aromatic carbocycles. The fourth-order valence-corrected chi connectivity index (χ4v) is 4.45. The van der Waals surface area contributed by atoms with Gasteiger partial charge in [0.05, 0.1) is 12.2 Å². The van der Waals surface area contributed by atoms with Crippen molar-refractivity contribution in [2.75, 3.05) is 11.9 Å². The van der Waals surface area contributed by atoms with E-state index in [-0.39, 0.29) is 5.78 Å². The summed E-state index contributed by atoms with van der Waals surface area (Å²) in [6.45, 7) is 2.68. The standard InChI is InChI=1S/C29H29BrO3/c1-21-11-9-12-22(19-21)28(31)27-25-15-5-6-16-26(25)33-29(27)23-13-10-14-24(20-23)32-18-8-4-2-3-7-17-30/h5-6,9-16,19-20H,2-4,7-8,17-18H2,1H3. The summed E-state index contributed by atoms with van der Waals surface area (Å²) < 4.78 is 12.2. The number of ether oxygens (including phenoxy) is 1. The highest BCUT2D eigenvalue weighted by Gasteiger charge is 2.23. The molecule has 170 valence electrons. The van der Waals surface area contributed by atoms with Gasteiger partial charge in [-0.25, -0.2) is 0 Å². The van der Waals surface area contributed by atoms with Gasteiger partial charge in [-0.3, -0.25) is 4.79 Å². The molecule has 0 spiro atoms. The van der Waals surface area contributed by atoms with Crippen LogP contribution in [0.4, 0.5) is 0 Å². The minimum absolute atomic E-state index is 0.0338. The molecule has 0 aliphatic rings. The van der Waals surface area contributed by atoms with Crippen LogP contribution in [-0.4, -0.2) is 17.7 Å². The Bertz CT molecular complexity index is 1220. The van der Waals surface area contributed by atoms with Crippen LogP contribution in [0.5, 0.6) is 5.75 Å². The third kappa shape index (κ3) is 5.75. The van der Waals surface area contributed by atoms with Gasteiger partial charge in [-0.05, 0) is 44.0 Å². The Morgan fingerprint density at radius 3 is 2.52 bits per heavy atom. The van der Waals surface area contributed by atoms with Gasteiger partial charge in [-0.2, -0.15) is 0 Å². The number of furan rings is 1. The number of para-hydroxylation sites is 1. The van der Waals surface area contributed by atoms with Crippen molar-refractivity contribution >= 4 is 32.7 Å². The van der Waals surface area contributed by atoms with Crippen molar-refractivity contribution in [2.24, 2.45) is 0 Å². The molecule has 1 heterocycles. The fraction of sp³-hybridized carbons (Fsp3) is 0.276. The zero-order valence-corrected chi connectivity index (χ0v) is 20.6. The van der Waals surface area contributed by atoms with Gasteiger partial charge in [0.15, 0.2) is 5.78 Å².